The van der Waals surface area contributed by atoms with Crippen LogP contribution in [0, 0.1) is 5.82 Å². The Labute approximate surface area is 134 Å². The average Bonchev–Trinajstić information content (AvgIpc) is 2.97. The minimum Gasteiger partial charge on any atom is -0.352 e. The second-order valence-electron chi connectivity index (χ2n) is 5.51. The summed E-state index contributed by atoms with van der Waals surface area (Å²) in [4.78, 5) is 24.5. The molecule has 1 unspecified atom stereocenters. The molecule has 120 valence electrons. The van der Waals surface area contributed by atoms with Gasteiger partial charge >= 0.3 is 0 Å². The first kappa shape index (κ1) is 16.8. The standard InChI is InChI=1S/C16H21FN2O2S/c1-11(20)18-15(16(21)19-13-4-2-3-5-13)10-22-14-8-6-12(17)7-9-14/h6-9,13,15H,2-5,10H2,1H3,(H,18,20)(H,19,21). The minimum atomic E-state index is -0.576. The Morgan fingerprint density at radius 3 is 2.50 bits per heavy atom. The first-order valence-corrected chi connectivity index (χ1v) is 8.49. The highest BCUT2D eigenvalue weighted by molar-refractivity contribution is 7.99. The third-order valence-electron chi connectivity index (χ3n) is 3.63. The first-order valence-electron chi connectivity index (χ1n) is 7.50. The van der Waals surface area contributed by atoms with Crippen LogP contribution in [-0.2, 0) is 9.59 Å². The zero-order valence-electron chi connectivity index (χ0n) is 12.6. The zero-order chi connectivity index (χ0) is 15.9. The summed E-state index contributed by atoms with van der Waals surface area (Å²) < 4.78 is 12.9. The van der Waals surface area contributed by atoms with Gasteiger partial charge in [0, 0.05) is 23.6 Å². The van der Waals surface area contributed by atoms with E-state index in [0.717, 1.165) is 30.6 Å². The second kappa shape index (κ2) is 8.17. The molecule has 0 aliphatic heterocycles. The van der Waals surface area contributed by atoms with Gasteiger partial charge in [0.25, 0.3) is 0 Å². The molecule has 1 fully saturated rings. The number of hydrogen-bond donors (Lipinski definition) is 2. The van der Waals surface area contributed by atoms with Crippen LogP contribution in [0.1, 0.15) is 32.6 Å². The van der Waals surface area contributed by atoms with Gasteiger partial charge in [-0.2, -0.15) is 0 Å². The lowest BCUT2D eigenvalue weighted by molar-refractivity contribution is -0.127. The molecule has 0 bridgehead atoms. The van der Waals surface area contributed by atoms with Gasteiger partial charge in [-0.15, -0.1) is 11.8 Å². The molecule has 0 saturated heterocycles. The summed E-state index contributed by atoms with van der Waals surface area (Å²) in [6, 6.07) is 5.75. The van der Waals surface area contributed by atoms with Crippen LogP contribution in [0.2, 0.25) is 0 Å². The van der Waals surface area contributed by atoms with Crippen LogP contribution in [0.3, 0.4) is 0 Å². The number of carbonyl (C=O) groups excluding carboxylic acids is 2. The highest BCUT2D eigenvalue weighted by Crippen LogP contribution is 2.20. The Morgan fingerprint density at radius 2 is 1.91 bits per heavy atom. The highest BCUT2D eigenvalue weighted by atomic mass is 32.2. The average molecular weight is 324 g/mol. The molecule has 0 heterocycles. The minimum absolute atomic E-state index is 0.142. The van der Waals surface area contributed by atoms with E-state index in [9.17, 15) is 14.0 Å². The highest BCUT2D eigenvalue weighted by Gasteiger charge is 2.24. The molecule has 6 heteroatoms. The quantitative estimate of drug-likeness (QED) is 0.791. The monoisotopic (exact) mass is 324 g/mol. The molecular formula is C16H21FN2O2S. The third-order valence-corrected chi connectivity index (χ3v) is 4.73. The lowest BCUT2D eigenvalue weighted by atomic mass is 10.2. The predicted molar refractivity (Wildman–Crippen MR) is 85.1 cm³/mol. The molecular weight excluding hydrogens is 303 g/mol. The van der Waals surface area contributed by atoms with Gasteiger partial charge in [-0.25, -0.2) is 4.39 Å². The molecule has 1 aromatic rings. The van der Waals surface area contributed by atoms with Gasteiger partial charge in [0.05, 0.1) is 0 Å². The second-order valence-corrected chi connectivity index (χ2v) is 6.60. The number of amides is 2. The Hall–Kier alpha value is -1.56. The molecule has 2 N–H and O–H groups in total. The molecule has 1 atom stereocenters. The van der Waals surface area contributed by atoms with E-state index < -0.39 is 6.04 Å². The van der Waals surface area contributed by atoms with Crippen molar-refractivity contribution in [1.82, 2.24) is 10.6 Å². The summed E-state index contributed by atoms with van der Waals surface area (Å²) >= 11 is 1.42. The van der Waals surface area contributed by atoms with Crippen molar-refractivity contribution in [3.63, 3.8) is 0 Å². The van der Waals surface area contributed by atoms with Gasteiger partial charge in [-0.05, 0) is 37.1 Å². The smallest absolute Gasteiger partial charge is 0.243 e. The van der Waals surface area contributed by atoms with Crippen LogP contribution in [0.25, 0.3) is 0 Å². The SMILES string of the molecule is CC(=O)NC(CSc1ccc(F)cc1)C(=O)NC1CCCC1. The van der Waals surface area contributed by atoms with E-state index in [4.69, 9.17) is 0 Å². The molecule has 0 radical (unpaired) electrons. The molecule has 1 aromatic carbocycles. The van der Waals surface area contributed by atoms with Gasteiger partial charge in [-0.3, -0.25) is 9.59 Å². The van der Waals surface area contributed by atoms with Crippen molar-refractivity contribution in [3.8, 4) is 0 Å². The van der Waals surface area contributed by atoms with E-state index in [-0.39, 0.29) is 23.7 Å². The van der Waals surface area contributed by atoms with E-state index in [1.807, 2.05) is 0 Å². The maximum absolute atomic E-state index is 12.9. The van der Waals surface area contributed by atoms with Crippen LogP contribution >= 0.6 is 11.8 Å². The van der Waals surface area contributed by atoms with Gasteiger partial charge in [0.2, 0.25) is 11.8 Å². The van der Waals surface area contributed by atoms with Crippen molar-refractivity contribution >= 4 is 23.6 Å². The zero-order valence-corrected chi connectivity index (χ0v) is 13.4. The van der Waals surface area contributed by atoms with E-state index in [2.05, 4.69) is 10.6 Å². The fraction of sp³-hybridized carbons (Fsp3) is 0.500. The Morgan fingerprint density at radius 1 is 1.27 bits per heavy atom. The van der Waals surface area contributed by atoms with Crippen molar-refractivity contribution in [2.45, 2.75) is 49.6 Å². The number of thioether (sulfide) groups is 1. The fourth-order valence-corrected chi connectivity index (χ4v) is 3.43. The van der Waals surface area contributed by atoms with Crippen LogP contribution in [-0.4, -0.2) is 29.7 Å². The van der Waals surface area contributed by atoms with Gasteiger partial charge in [0.15, 0.2) is 0 Å². The van der Waals surface area contributed by atoms with E-state index >= 15 is 0 Å². The third kappa shape index (κ3) is 5.33. The van der Waals surface area contributed by atoms with Crippen LogP contribution in [0.4, 0.5) is 4.39 Å². The molecule has 22 heavy (non-hydrogen) atoms. The molecule has 1 aliphatic carbocycles. The van der Waals surface area contributed by atoms with Gasteiger partial charge in [-0.1, -0.05) is 12.8 Å². The number of nitrogens with one attached hydrogen (secondary N) is 2. The maximum Gasteiger partial charge on any atom is 0.243 e. The van der Waals surface area contributed by atoms with E-state index in [0.29, 0.717) is 5.75 Å². The van der Waals surface area contributed by atoms with Crippen LogP contribution in [0.5, 0.6) is 0 Å². The number of halogens is 1. The maximum atomic E-state index is 12.9. The summed E-state index contributed by atoms with van der Waals surface area (Å²) in [5, 5.41) is 5.69. The van der Waals surface area contributed by atoms with Crippen LogP contribution < -0.4 is 10.6 Å². The number of benzene rings is 1. The van der Waals surface area contributed by atoms with Crippen molar-refractivity contribution in [3.05, 3.63) is 30.1 Å². The summed E-state index contributed by atoms with van der Waals surface area (Å²) in [6.07, 6.45) is 4.29. The van der Waals surface area contributed by atoms with Crippen molar-refractivity contribution < 1.29 is 14.0 Å². The summed E-state index contributed by atoms with van der Waals surface area (Å²) in [7, 11) is 0. The molecule has 0 aromatic heterocycles. The Balaban J connectivity index is 1.91. The van der Waals surface area contributed by atoms with Crippen molar-refractivity contribution in [1.29, 1.82) is 0 Å². The van der Waals surface area contributed by atoms with E-state index in [1.54, 1.807) is 12.1 Å². The molecule has 2 rings (SSSR count). The van der Waals surface area contributed by atoms with Crippen LogP contribution in [0.15, 0.2) is 29.2 Å². The van der Waals surface area contributed by atoms with Gasteiger partial charge < -0.3 is 10.6 Å². The number of hydrogen-bond acceptors (Lipinski definition) is 3. The number of rotatable bonds is 6. The molecule has 0 spiro atoms. The topological polar surface area (TPSA) is 58.2 Å². The van der Waals surface area contributed by atoms with E-state index in [1.165, 1.54) is 30.8 Å². The fourth-order valence-electron chi connectivity index (χ4n) is 2.51. The summed E-state index contributed by atoms with van der Waals surface area (Å²) in [5.41, 5.74) is 0. The normalized spacial score (nSPS) is 16.3. The Kier molecular flexibility index (Phi) is 6.24. The van der Waals surface area contributed by atoms with Crippen molar-refractivity contribution in [2.24, 2.45) is 0 Å². The molecule has 1 saturated carbocycles. The molecule has 2 amide bonds. The lowest BCUT2D eigenvalue weighted by Crippen LogP contribution is -2.50. The lowest BCUT2D eigenvalue weighted by Gasteiger charge is -2.20. The van der Waals surface area contributed by atoms with Gasteiger partial charge in [0.1, 0.15) is 11.9 Å². The molecule has 1 aliphatic rings. The largest absolute Gasteiger partial charge is 0.352 e. The van der Waals surface area contributed by atoms with Crippen molar-refractivity contribution in [2.75, 3.05) is 5.75 Å². The summed E-state index contributed by atoms with van der Waals surface area (Å²) in [5.74, 6) is -0.242. The Bertz CT molecular complexity index is 515. The predicted octanol–water partition coefficient (Wildman–Crippen LogP) is 2.48. The number of carbonyl (C=O) groups is 2. The molecule has 4 nitrogen and oxygen atoms in total. The summed E-state index contributed by atoms with van der Waals surface area (Å²) in [6.45, 7) is 1.40. The first-order chi connectivity index (χ1) is 10.5.